The molecule has 0 aliphatic heterocycles. The van der Waals surface area contributed by atoms with Crippen molar-refractivity contribution in [1.82, 2.24) is 25.5 Å². The van der Waals surface area contributed by atoms with Crippen LogP contribution in [0.15, 0.2) is 73.1 Å². The van der Waals surface area contributed by atoms with Crippen LogP contribution in [0.2, 0.25) is 5.02 Å². The van der Waals surface area contributed by atoms with Crippen LogP contribution in [0.5, 0.6) is 11.5 Å². The lowest BCUT2D eigenvalue weighted by Gasteiger charge is -2.21. The topological polar surface area (TPSA) is 102 Å². The molecule has 4 aromatic rings. The molecule has 0 bridgehead atoms. The van der Waals surface area contributed by atoms with Gasteiger partial charge < -0.3 is 15.2 Å². The van der Waals surface area contributed by atoms with Gasteiger partial charge in [0.2, 0.25) is 0 Å². The molecule has 0 aliphatic carbocycles. The monoisotopic (exact) mass is 517 g/mol. The molecule has 186 valence electrons. The number of carbonyl (C=O) groups excluding carboxylic acids is 1. The summed E-state index contributed by atoms with van der Waals surface area (Å²) >= 11 is 5.75. The number of carbonyl (C=O) groups is 1. The second kappa shape index (κ2) is 10.6. The highest BCUT2D eigenvalue weighted by molar-refractivity contribution is 6.31. The van der Waals surface area contributed by atoms with Crippen molar-refractivity contribution in [3.8, 4) is 17.2 Å². The van der Waals surface area contributed by atoms with Crippen LogP contribution in [0, 0.1) is 0 Å². The van der Waals surface area contributed by atoms with Gasteiger partial charge >= 0.3 is 6.18 Å². The minimum atomic E-state index is -4.62. The molecule has 0 saturated carbocycles. The molecule has 36 heavy (non-hydrogen) atoms. The number of phenols is 1. The number of phenolic OH excluding ortho intramolecular Hbond substituents is 1. The number of para-hydroxylation sites is 1. The number of ether oxygens (including phenoxy) is 1. The van der Waals surface area contributed by atoms with Crippen molar-refractivity contribution < 1.29 is 27.8 Å². The zero-order valence-electron chi connectivity index (χ0n) is 18.5. The lowest BCUT2D eigenvalue weighted by molar-refractivity contribution is -0.137. The minimum Gasteiger partial charge on any atom is -0.507 e. The van der Waals surface area contributed by atoms with Gasteiger partial charge in [-0.05, 0) is 52.4 Å². The van der Waals surface area contributed by atoms with E-state index in [4.69, 9.17) is 16.3 Å². The summed E-state index contributed by atoms with van der Waals surface area (Å²) in [5.41, 5.74) is 0.00706. The third kappa shape index (κ3) is 6.11. The predicted octanol–water partition coefficient (Wildman–Crippen LogP) is 4.46. The summed E-state index contributed by atoms with van der Waals surface area (Å²) in [5.74, 6) is -0.375. The van der Waals surface area contributed by atoms with E-state index < -0.39 is 28.8 Å². The van der Waals surface area contributed by atoms with Gasteiger partial charge in [-0.15, -0.1) is 5.10 Å². The van der Waals surface area contributed by atoms with Gasteiger partial charge in [0.25, 0.3) is 5.91 Å². The van der Waals surface area contributed by atoms with Crippen LogP contribution in [0.1, 0.15) is 21.5 Å². The Balaban J connectivity index is 1.57. The number of benzene rings is 3. The number of aromatic nitrogens is 4. The fraction of sp³-hybridized carbons (Fsp3) is 0.167. The lowest BCUT2D eigenvalue weighted by atomic mass is 10.0. The number of amides is 1. The number of nitrogens with one attached hydrogen (secondary N) is 1. The maximum Gasteiger partial charge on any atom is 0.417 e. The van der Waals surface area contributed by atoms with Gasteiger partial charge in [-0.2, -0.15) is 13.2 Å². The van der Waals surface area contributed by atoms with Crippen LogP contribution in [0.4, 0.5) is 13.2 Å². The molecule has 1 unspecified atom stereocenters. The number of hydrogen-bond donors (Lipinski definition) is 2. The second-order valence-electron chi connectivity index (χ2n) is 7.73. The smallest absolute Gasteiger partial charge is 0.417 e. The van der Waals surface area contributed by atoms with Crippen molar-refractivity contribution in [1.29, 1.82) is 0 Å². The van der Waals surface area contributed by atoms with E-state index in [1.807, 2.05) is 0 Å². The Kier molecular flexibility index (Phi) is 7.39. The largest absolute Gasteiger partial charge is 0.507 e. The number of hydrogen-bond acceptors (Lipinski definition) is 6. The Labute approximate surface area is 208 Å². The molecular weight excluding hydrogens is 499 g/mol. The first-order valence-electron chi connectivity index (χ1n) is 10.6. The van der Waals surface area contributed by atoms with Crippen LogP contribution in [-0.4, -0.2) is 43.9 Å². The standard InChI is InChI=1S/C24H19ClF3N5O3/c25-21-9-8-15(11-20(21)24(26,27)28)10-18(13-29-23(35)19-6-1-2-7-22(19)34)36-17-5-3-4-16(12-17)33-14-30-31-32-33/h1-9,11-12,14,18,34H,10,13H2,(H,29,35). The Morgan fingerprint density at radius 1 is 1.11 bits per heavy atom. The van der Waals surface area contributed by atoms with Crippen molar-refractivity contribution in [2.75, 3.05) is 6.54 Å². The summed E-state index contributed by atoms with van der Waals surface area (Å²) < 4.78 is 47.5. The molecule has 1 aromatic heterocycles. The van der Waals surface area contributed by atoms with Crippen LogP contribution in [-0.2, 0) is 12.6 Å². The quantitative estimate of drug-likeness (QED) is 0.358. The predicted molar refractivity (Wildman–Crippen MR) is 124 cm³/mol. The van der Waals surface area contributed by atoms with E-state index in [2.05, 4.69) is 20.8 Å². The van der Waals surface area contributed by atoms with Gasteiger partial charge in [0, 0.05) is 12.5 Å². The molecule has 2 N–H and O–H groups in total. The number of halogens is 4. The number of nitrogens with zero attached hydrogens (tertiary/aromatic N) is 4. The van der Waals surface area contributed by atoms with Gasteiger partial charge in [-0.25, -0.2) is 4.68 Å². The van der Waals surface area contributed by atoms with E-state index >= 15 is 0 Å². The zero-order valence-corrected chi connectivity index (χ0v) is 19.2. The van der Waals surface area contributed by atoms with E-state index in [1.54, 1.807) is 36.4 Å². The number of aromatic hydroxyl groups is 1. The molecule has 1 heterocycles. The van der Waals surface area contributed by atoms with Crippen LogP contribution in [0.3, 0.4) is 0 Å². The highest BCUT2D eigenvalue weighted by Crippen LogP contribution is 2.35. The average Bonchev–Trinajstić information content (AvgIpc) is 3.38. The highest BCUT2D eigenvalue weighted by atomic mass is 35.5. The molecule has 0 aliphatic rings. The number of rotatable bonds is 8. The Bertz CT molecular complexity index is 1350. The van der Waals surface area contributed by atoms with Crippen molar-refractivity contribution >= 4 is 17.5 Å². The van der Waals surface area contributed by atoms with E-state index in [0.29, 0.717) is 17.0 Å². The first-order chi connectivity index (χ1) is 17.2. The third-order valence-corrected chi connectivity index (χ3v) is 5.50. The highest BCUT2D eigenvalue weighted by Gasteiger charge is 2.33. The SMILES string of the molecule is O=C(NCC(Cc1ccc(Cl)c(C(F)(F)F)c1)Oc1cccc(-n2cnnn2)c1)c1ccccc1O. The molecule has 8 nitrogen and oxygen atoms in total. The van der Waals surface area contributed by atoms with Gasteiger partial charge in [0.05, 0.1) is 28.4 Å². The summed E-state index contributed by atoms with van der Waals surface area (Å²) in [6.07, 6.45) is -3.97. The third-order valence-electron chi connectivity index (χ3n) is 5.17. The zero-order chi connectivity index (χ0) is 25.7. The number of alkyl halides is 3. The Morgan fingerprint density at radius 3 is 2.64 bits per heavy atom. The van der Waals surface area contributed by atoms with E-state index in [0.717, 1.165) is 6.07 Å². The maximum atomic E-state index is 13.4. The first kappa shape index (κ1) is 25.0. The number of tetrazole rings is 1. The lowest BCUT2D eigenvalue weighted by Crippen LogP contribution is -2.36. The van der Waals surface area contributed by atoms with Gasteiger partial charge in [-0.1, -0.05) is 35.9 Å². The summed E-state index contributed by atoms with van der Waals surface area (Å²) in [7, 11) is 0. The molecule has 4 rings (SSSR count). The van der Waals surface area contributed by atoms with Crippen molar-refractivity contribution in [2.24, 2.45) is 0 Å². The Hall–Kier alpha value is -4.12. The van der Waals surface area contributed by atoms with E-state index in [1.165, 1.54) is 35.3 Å². The molecule has 0 radical (unpaired) electrons. The first-order valence-corrected chi connectivity index (χ1v) is 11.0. The molecule has 3 aromatic carbocycles. The van der Waals surface area contributed by atoms with Gasteiger partial charge in [-0.3, -0.25) is 4.79 Å². The van der Waals surface area contributed by atoms with Crippen LogP contribution < -0.4 is 10.1 Å². The van der Waals surface area contributed by atoms with Crippen LogP contribution in [0.25, 0.3) is 5.69 Å². The second-order valence-corrected chi connectivity index (χ2v) is 8.14. The van der Waals surface area contributed by atoms with E-state index in [-0.39, 0.29) is 24.3 Å². The maximum absolute atomic E-state index is 13.4. The fourth-order valence-corrected chi connectivity index (χ4v) is 3.70. The Morgan fingerprint density at radius 2 is 1.92 bits per heavy atom. The molecular formula is C24H19ClF3N5O3. The van der Waals surface area contributed by atoms with Crippen molar-refractivity contribution in [2.45, 2.75) is 18.7 Å². The van der Waals surface area contributed by atoms with Crippen LogP contribution >= 0.6 is 11.6 Å². The summed E-state index contributed by atoms with van der Waals surface area (Å²) in [4.78, 5) is 12.6. The average molecular weight is 518 g/mol. The molecule has 12 heteroatoms. The van der Waals surface area contributed by atoms with E-state index in [9.17, 15) is 23.1 Å². The fourth-order valence-electron chi connectivity index (χ4n) is 3.47. The molecule has 1 amide bonds. The molecule has 1 atom stereocenters. The summed E-state index contributed by atoms with van der Waals surface area (Å²) in [6.45, 7) is -0.0632. The molecule has 0 spiro atoms. The summed E-state index contributed by atoms with van der Waals surface area (Å²) in [6, 6.07) is 16.4. The van der Waals surface area contributed by atoms with Gasteiger partial charge in [0.1, 0.15) is 23.9 Å². The minimum absolute atomic E-state index is 0.0242. The van der Waals surface area contributed by atoms with Crippen molar-refractivity contribution in [3.63, 3.8) is 0 Å². The van der Waals surface area contributed by atoms with Gasteiger partial charge in [0.15, 0.2) is 0 Å². The molecule has 0 saturated heterocycles. The summed E-state index contributed by atoms with van der Waals surface area (Å²) in [5, 5.41) is 23.2. The normalized spacial score (nSPS) is 12.2. The van der Waals surface area contributed by atoms with Crippen molar-refractivity contribution in [3.05, 3.63) is 94.8 Å². The molecule has 0 fully saturated rings.